The second-order valence-electron chi connectivity index (χ2n) is 3.43. The topological polar surface area (TPSA) is 95.7 Å². The molecule has 1 heterocycles. The Labute approximate surface area is 102 Å². The number of nitrogens with zero attached hydrogens (tertiary/aromatic N) is 2. The van der Waals surface area contributed by atoms with Gasteiger partial charge in [-0.05, 0) is 17.1 Å². The van der Waals surface area contributed by atoms with Crippen molar-refractivity contribution < 1.29 is 14.8 Å². The number of benzene rings is 1. The van der Waals surface area contributed by atoms with Gasteiger partial charge in [0.25, 0.3) is 0 Å². The number of nitrogens with one attached hydrogen (secondary N) is 1. The van der Waals surface area contributed by atoms with Crippen LogP contribution in [0.3, 0.4) is 0 Å². The largest absolute Gasteiger partial charge is 0.476 e. The summed E-state index contributed by atoms with van der Waals surface area (Å²) in [7, 11) is 0. The third kappa shape index (κ3) is 2.01. The number of aliphatic carboxylic acids is 1. The predicted octanol–water partition coefficient (Wildman–Crippen LogP) is 1.10. The molecule has 0 radical (unpaired) electrons. The Bertz CT molecular complexity index is 551. The van der Waals surface area contributed by atoms with E-state index in [9.17, 15) is 14.9 Å². The number of rotatable bonds is 3. The molecule has 0 atom stereocenters. The maximum atomic E-state index is 11.0. The van der Waals surface area contributed by atoms with Crippen LogP contribution < -0.4 is 10.2 Å². The van der Waals surface area contributed by atoms with E-state index in [-0.39, 0.29) is 0 Å². The molecule has 0 saturated heterocycles. The van der Waals surface area contributed by atoms with Crippen LogP contribution in [0.1, 0.15) is 0 Å². The smallest absolute Gasteiger partial charge is 0.361 e. The molecule has 0 spiro atoms. The molecule has 0 aliphatic carbocycles. The highest BCUT2D eigenvalue weighted by atomic mass is 16.6. The standard InChI is InChI=1S/C11H9N3O4/c15-11(16)9-10(14(17)18)13(7-6-12-9)8-4-2-1-3-5-8/h1-7,12H,(H,15,16). The summed E-state index contributed by atoms with van der Waals surface area (Å²) >= 11 is 0. The molecule has 2 N–H and O–H groups in total. The average molecular weight is 247 g/mol. The van der Waals surface area contributed by atoms with Crippen LogP contribution in [0.25, 0.3) is 0 Å². The van der Waals surface area contributed by atoms with E-state index >= 15 is 0 Å². The van der Waals surface area contributed by atoms with Crippen molar-refractivity contribution in [3.8, 4) is 0 Å². The van der Waals surface area contributed by atoms with Gasteiger partial charge in [-0.2, -0.15) is 4.90 Å². The summed E-state index contributed by atoms with van der Waals surface area (Å²) in [6.45, 7) is 0. The number of anilines is 1. The van der Waals surface area contributed by atoms with Crippen molar-refractivity contribution in [2.75, 3.05) is 4.90 Å². The zero-order chi connectivity index (χ0) is 13.1. The van der Waals surface area contributed by atoms with E-state index < -0.39 is 22.4 Å². The minimum absolute atomic E-state index is 0.466. The van der Waals surface area contributed by atoms with Crippen LogP contribution in [-0.4, -0.2) is 16.0 Å². The van der Waals surface area contributed by atoms with Crippen molar-refractivity contribution in [3.05, 3.63) is 64.4 Å². The van der Waals surface area contributed by atoms with Crippen molar-refractivity contribution in [3.63, 3.8) is 0 Å². The fraction of sp³-hybridized carbons (Fsp3) is 0. The molecule has 1 aromatic rings. The lowest BCUT2D eigenvalue weighted by molar-refractivity contribution is -0.427. The van der Waals surface area contributed by atoms with Gasteiger partial charge in [-0.15, -0.1) is 0 Å². The van der Waals surface area contributed by atoms with Gasteiger partial charge in [0, 0.05) is 6.20 Å². The van der Waals surface area contributed by atoms with Crippen LogP contribution in [0.4, 0.5) is 5.69 Å². The fourth-order valence-corrected chi connectivity index (χ4v) is 1.58. The molecule has 1 aliphatic heterocycles. The highest BCUT2D eigenvalue weighted by molar-refractivity contribution is 5.88. The predicted molar refractivity (Wildman–Crippen MR) is 62.9 cm³/mol. The van der Waals surface area contributed by atoms with Gasteiger partial charge in [-0.3, -0.25) is 0 Å². The van der Waals surface area contributed by atoms with E-state index in [4.69, 9.17) is 5.11 Å². The SMILES string of the molecule is O=C(O)C1=C([N+](=O)[O-])N(c2ccccc2)C=CN1. The van der Waals surface area contributed by atoms with E-state index in [0.717, 1.165) is 0 Å². The molecule has 0 fully saturated rings. The maximum absolute atomic E-state index is 11.0. The molecule has 7 nitrogen and oxygen atoms in total. The number of hydrogen-bond donors (Lipinski definition) is 2. The van der Waals surface area contributed by atoms with Gasteiger partial charge in [-0.1, -0.05) is 18.2 Å². The molecule has 0 unspecified atom stereocenters. The van der Waals surface area contributed by atoms with Gasteiger partial charge in [0.2, 0.25) is 5.70 Å². The molecular weight excluding hydrogens is 238 g/mol. The zero-order valence-corrected chi connectivity index (χ0v) is 9.11. The summed E-state index contributed by atoms with van der Waals surface area (Å²) in [5.74, 6) is -1.90. The van der Waals surface area contributed by atoms with Crippen LogP contribution in [0, 0.1) is 10.1 Å². The maximum Gasteiger partial charge on any atom is 0.361 e. The van der Waals surface area contributed by atoms with Crippen molar-refractivity contribution in [2.24, 2.45) is 0 Å². The lowest BCUT2D eigenvalue weighted by Crippen LogP contribution is -2.33. The highest BCUT2D eigenvalue weighted by Gasteiger charge is 2.32. The summed E-state index contributed by atoms with van der Waals surface area (Å²) in [4.78, 5) is 22.5. The number of carboxylic acids is 1. The van der Waals surface area contributed by atoms with Crippen LogP contribution >= 0.6 is 0 Å². The van der Waals surface area contributed by atoms with E-state index in [1.54, 1.807) is 30.3 Å². The van der Waals surface area contributed by atoms with Gasteiger partial charge < -0.3 is 20.5 Å². The first kappa shape index (κ1) is 11.6. The number of hydrogen-bond acceptors (Lipinski definition) is 5. The molecule has 1 aliphatic rings. The molecule has 1 aromatic carbocycles. The molecule has 92 valence electrons. The molecule has 0 saturated carbocycles. The first-order chi connectivity index (χ1) is 8.61. The van der Waals surface area contributed by atoms with E-state index in [0.29, 0.717) is 5.69 Å². The lowest BCUT2D eigenvalue weighted by atomic mass is 10.2. The molecule has 2 rings (SSSR count). The second kappa shape index (κ2) is 4.58. The minimum Gasteiger partial charge on any atom is -0.476 e. The Balaban J connectivity index is 2.53. The summed E-state index contributed by atoms with van der Waals surface area (Å²) in [6, 6.07) is 8.49. The van der Waals surface area contributed by atoms with Gasteiger partial charge in [-0.25, -0.2) is 4.79 Å². The molecule has 0 aromatic heterocycles. The van der Waals surface area contributed by atoms with Crippen LogP contribution in [0.15, 0.2) is 54.2 Å². The van der Waals surface area contributed by atoms with Gasteiger partial charge in [0.1, 0.15) is 11.9 Å². The van der Waals surface area contributed by atoms with Crippen LogP contribution in [0.5, 0.6) is 0 Å². The van der Waals surface area contributed by atoms with E-state index in [2.05, 4.69) is 5.32 Å². The second-order valence-corrected chi connectivity index (χ2v) is 3.43. The molecule has 0 amide bonds. The number of carboxylic acid groups (broad SMARTS) is 1. The van der Waals surface area contributed by atoms with E-state index in [1.807, 2.05) is 0 Å². The van der Waals surface area contributed by atoms with Crippen molar-refractivity contribution in [2.45, 2.75) is 0 Å². The first-order valence-corrected chi connectivity index (χ1v) is 5.00. The lowest BCUT2D eigenvalue weighted by Gasteiger charge is -2.19. The third-order valence-electron chi connectivity index (χ3n) is 2.32. The number of nitro groups is 1. The Morgan fingerprint density at radius 1 is 1.33 bits per heavy atom. The van der Waals surface area contributed by atoms with Crippen molar-refractivity contribution in [1.29, 1.82) is 0 Å². The summed E-state index contributed by atoms with van der Waals surface area (Å²) in [6.07, 6.45) is 2.74. The molecule has 0 bridgehead atoms. The Kier molecular flexibility index (Phi) is 2.96. The monoisotopic (exact) mass is 247 g/mol. The molecule has 7 heteroatoms. The summed E-state index contributed by atoms with van der Waals surface area (Å²) < 4.78 is 0. The van der Waals surface area contributed by atoms with Crippen molar-refractivity contribution in [1.82, 2.24) is 5.32 Å². The van der Waals surface area contributed by atoms with Gasteiger partial charge >= 0.3 is 11.8 Å². The first-order valence-electron chi connectivity index (χ1n) is 5.00. The quantitative estimate of drug-likeness (QED) is 0.613. The summed E-state index contributed by atoms with van der Waals surface area (Å²) in [5, 5.41) is 22.3. The van der Waals surface area contributed by atoms with Crippen molar-refractivity contribution >= 4 is 11.7 Å². The van der Waals surface area contributed by atoms with Gasteiger partial charge in [0.15, 0.2) is 0 Å². The Morgan fingerprint density at radius 3 is 2.56 bits per heavy atom. The van der Waals surface area contributed by atoms with Crippen LogP contribution in [-0.2, 0) is 4.79 Å². The molecular formula is C11H9N3O4. The molecule has 18 heavy (non-hydrogen) atoms. The normalized spacial score (nSPS) is 14.3. The Hall–Kier alpha value is -2.83. The highest BCUT2D eigenvalue weighted by Crippen LogP contribution is 2.23. The average Bonchev–Trinajstić information content (AvgIpc) is 2.38. The van der Waals surface area contributed by atoms with Gasteiger partial charge in [0.05, 0.1) is 0 Å². The number of carbonyl (C=O) groups is 1. The Morgan fingerprint density at radius 2 is 2.00 bits per heavy atom. The number of para-hydroxylation sites is 1. The fourth-order valence-electron chi connectivity index (χ4n) is 1.58. The summed E-state index contributed by atoms with van der Waals surface area (Å²) in [5.41, 5.74) is 0.0482. The zero-order valence-electron chi connectivity index (χ0n) is 9.11. The van der Waals surface area contributed by atoms with E-state index in [1.165, 1.54) is 17.3 Å². The third-order valence-corrected chi connectivity index (χ3v) is 2.32. The minimum atomic E-state index is -1.38. The van der Waals surface area contributed by atoms with Crippen LogP contribution in [0.2, 0.25) is 0 Å².